The highest BCUT2D eigenvalue weighted by atomic mass is 32.2. The van der Waals surface area contributed by atoms with E-state index in [1.807, 2.05) is 49.4 Å². The van der Waals surface area contributed by atoms with E-state index in [-0.39, 0.29) is 0 Å². The molecular formula is C22H30N4O3S. The molecule has 1 aliphatic rings. The molecule has 0 aliphatic carbocycles. The van der Waals surface area contributed by atoms with Crippen LogP contribution in [0.4, 0.5) is 5.69 Å². The number of benzene rings is 1. The van der Waals surface area contributed by atoms with Crippen molar-refractivity contribution in [2.45, 2.75) is 38.4 Å². The second-order valence-corrected chi connectivity index (χ2v) is 9.96. The minimum absolute atomic E-state index is 0.431. The zero-order chi connectivity index (χ0) is 21.8. The summed E-state index contributed by atoms with van der Waals surface area (Å²) in [6.45, 7) is 7.14. The molecule has 1 aliphatic heterocycles. The van der Waals surface area contributed by atoms with Gasteiger partial charge in [0.15, 0.2) is 0 Å². The standard InChI is InChI=1S/C22H30N4O3S/c1-4-12-22(3,20-8-6-5-7-9-20)30(28,29)26(19(2)27)25-17-15-24(16-18-25)21-10-13-23-14-11-21/h5-11,13-14H,4,12,15-18H2,1-3H3. The minimum Gasteiger partial charge on any atom is -0.369 e. The monoisotopic (exact) mass is 430 g/mol. The highest BCUT2D eigenvalue weighted by Gasteiger charge is 2.47. The number of hydrogen-bond acceptors (Lipinski definition) is 6. The van der Waals surface area contributed by atoms with Gasteiger partial charge in [-0.25, -0.2) is 13.4 Å². The number of nitrogens with zero attached hydrogens (tertiary/aromatic N) is 4. The number of piperazine rings is 1. The zero-order valence-electron chi connectivity index (χ0n) is 17.9. The summed E-state index contributed by atoms with van der Waals surface area (Å²) < 4.78 is 27.6. The van der Waals surface area contributed by atoms with E-state index in [1.54, 1.807) is 24.3 Å². The topological polar surface area (TPSA) is 73.8 Å². The van der Waals surface area contributed by atoms with Crippen LogP contribution in [0.15, 0.2) is 54.9 Å². The van der Waals surface area contributed by atoms with E-state index in [2.05, 4.69) is 9.88 Å². The van der Waals surface area contributed by atoms with Crippen molar-refractivity contribution in [3.05, 3.63) is 60.4 Å². The molecule has 0 N–H and O–H groups in total. The van der Waals surface area contributed by atoms with Crippen molar-refractivity contribution in [1.82, 2.24) is 14.4 Å². The number of aromatic nitrogens is 1. The zero-order valence-corrected chi connectivity index (χ0v) is 18.7. The van der Waals surface area contributed by atoms with E-state index in [0.717, 1.165) is 10.1 Å². The van der Waals surface area contributed by atoms with Gasteiger partial charge < -0.3 is 4.90 Å². The molecule has 1 amide bonds. The van der Waals surface area contributed by atoms with Gasteiger partial charge in [-0.3, -0.25) is 9.78 Å². The van der Waals surface area contributed by atoms with Crippen LogP contribution in [0.25, 0.3) is 0 Å². The third-order valence-electron chi connectivity index (χ3n) is 5.72. The molecule has 0 bridgehead atoms. The smallest absolute Gasteiger partial charge is 0.260 e. The molecular weight excluding hydrogens is 400 g/mol. The van der Waals surface area contributed by atoms with Crippen LogP contribution in [0, 0.1) is 0 Å². The summed E-state index contributed by atoms with van der Waals surface area (Å²) in [6.07, 6.45) is 4.60. The Hall–Kier alpha value is -2.45. The van der Waals surface area contributed by atoms with Gasteiger partial charge in [0.1, 0.15) is 4.75 Å². The quantitative estimate of drug-likeness (QED) is 0.672. The molecule has 1 fully saturated rings. The fourth-order valence-corrected chi connectivity index (χ4v) is 6.18. The third kappa shape index (κ3) is 4.20. The lowest BCUT2D eigenvalue weighted by Crippen LogP contribution is -2.60. The second-order valence-electron chi connectivity index (χ2n) is 7.76. The average molecular weight is 431 g/mol. The maximum absolute atomic E-state index is 13.9. The van der Waals surface area contributed by atoms with E-state index in [1.165, 1.54) is 6.92 Å². The number of carbonyl (C=O) groups is 1. The van der Waals surface area contributed by atoms with Crippen molar-refractivity contribution in [3.8, 4) is 0 Å². The lowest BCUT2D eigenvalue weighted by atomic mass is 9.95. The molecule has 7 nitrogen and oxygen atoms in total. The molecule has 2 aromatic rings. The van der Waals surface area contributed by atoms with Crippen LogP contribution in [-0.2, 0) is 19.6 Å². The molecule has 8 heteroatoms. The van der Waals surface area contributed by atoms with Crippen LogP contribution in [0.1, 0.15) is 39.2 Å². The van der Waals surface area contributed by atoms with E-state index < -0.39 is 20.7 Å². The first-order chi connectivity index (χ1) is 14.3. The molecule has 0 spiro atoms. The average Bonchev–Trinajstić information content (AvgIpc) is 2.75. The number of anilines is 1. The van der Waals surface area contributed by atoms with Crippen LogP contribution >= 0.6 is 0 Å². The van der Waals surface area contributed by atoms with Gasteiger partial charge in [0.25, 0.3) is 10.0 Å². The van der Waals surface area contributed by atoms with Gasteiger partial charge in [0, 0.05) is 51.2 Å². The maximum Gasteiger partial charge on any atom is 0.260 e. The van der Waals surface area contributed by atoms with Crippen molar-refractivity contribution in [3.63, 3.8) is 0 Å². The summed E-state index contributed by atoms with van der Waals surface area (Å²) in [5, 5.41) is 1.67. The van der Waals surface area contributed by atoms with E-state index in [0.29, 0.717) is 44.6 Å². The molecule has 2 heterocycles. The third-order valence-corrected chi connectivity index (χ3v) is 8.24. The van der Waals surface area contributed by atoms with Gasteiger partial charge in [0.05, 0.1) is 0 Å². The van der Waals surface area contributed by atoms with Crippen molar-refractivity contribution in [2.75, 3.05) is 31.1 Å². The molecule has 0 radical (unpaired) electrons. The number of carbonyl (C=O) groups excluding carboxylic acids is 1. The van der Waals surface area contributed by atoms with E-state index in [4.69, 9.17) is 0 Å². The fourth-order valence-electron chi connectivity index (χ4n) is 4.09. The maximum atomic E-state index is 13.9. The van der Waals surface area contributed by atoms with Crippen LogP contribution in [0.2, 0.25) is 0 Å². The Labute approximate surface area is 179 Å². The van der Waals surface area contributed by atoms with Gasteiger partial charge in [-0.1, -0.05) is 43.7 Å². The summed E-state index contributed by atoms with van der Waals surface area (Å²) >= 11 is 0. The summed E-state index contributed by atoms with van der Waals surface area (Å²) in [6, 6.07) is 13.1. The number of hydrazine groups is 1. The summed E-state index contributed by atoms with van der Waals surface area (Å²) in [5.74, 6) is -0.481. The molecule has 1 aromatic carbocycles. The first-order valence-electron chi connectivity index (χ1n) is 10.3. The van der Waals surface area contributed by atoms with Crippen LogP contribution in [0.5, 0.6) is 0 Å². The Bertz CT molecular complexity index is 945. The normalized spacial score (nSPS) is 17.4. The van der Waals surface area contributed by atoms with Crippen LogP contribution < -0.4 is 4.90 Å². The Morgan fingerprint density at radius 3 is 2.20 bits per heavy atom. The minimum atomic E-state index is -3.98. The SMILES string of the molecule is CCCC(C)(c1ccccc1)S(=O)(=O)N(C(C)=O)N1CCN(c2ccncc2)CC1. The molecule has 0 saturated carbocycles. The van der Waals surface area contributed by atoms with Gasteiger partial charge in [0.2, 0.25) is 5.91 Å². The van der Waals surface area contributed by atoms with Gasteiger partial charge >= 0.3 is 0 Å². The molecule has 3 rings (SSSR count). The van der Waals surface area contributed by atoms with Gasteiger partial charge in [-0.2, -0.15) is 4.41 Å². The highest BCUT2D eigenvalue weighted by molar-refractivity contribution is 7.90. The molecule has 30 heavy (non-hydrogen) atoms. The number of rotatable bonds is 7. The number of hydrogen-bond donors (Lipinski definition) is 0. The number of sulfonamides is 1. The van der Waals surface area contributed by atoms with Gasteiger partial charge in [-0.15, -0.1) is 0 Å². The molecule has 1 unspecified atom stereocenters. The number of amides is 1. The lowest BCUT2D eigenvalue weighted by molar-refractivity contribution is -0.135. The summed E-state index contributed by atoms with van der Waals surface area (Å²) in [5.41, 5.74) is 1.75. The fraction of sp³-hybridized carbons (Fsp3) is 0.455. The first-order valence-corrected chi connectivity index (χ1v) is 11.8. The molecule has 1 saturated heterocycles. The number of pyridine rings is 1. The Morgan fingerprint density at radius 2 is 1.67 bits per heavy atom. The second kappa shape index (κ2) is 9.14. The van der Waals surface area contributed by atoms with Crippen molar-refractivity contribution >= 4 is 21.6 Å². The molecule has 1 atom stereocenters. The van der Waals surface area contributed by atoms with Crippen molar-refractivity contribution < 1.29 is 13.2 Å². The largest absolute Gasteiger partial charge is 0.369 e. The lowest BCUT2D eigenvalue weighted by Gasteiger charge is -2.44. The summed E-state index contributed by atoms with van der Waals surface area (Å²) in [7, 11) is -3.98. The van der Waals surface area contributed by atoms with E-state index >= 15 is 0 Å². The highest BCUT2D eigenvalue weighted by Crippen LogP contribution is 2.38. The van der Waals surface area contributed by atoms with Crippen molar-refractivity contribution in [1.29, 1.82) is 0 Å². The van der Waals surface area contributed by atoms with Crippen molar-refractivity contribution in [2.24, 2.45) is 0 Å². The molecule has 1 aromatic heterocycles. The van der Waals surface area contributed by atoms with Gasteiger partial charge in [-0.05, 0) is 31.0 Å². The predicted molar refractivity (Wildman–Crippen MR) is 118 cm³/mol. The van der Waals surface area contributed by atoms with Crippen LogP contribution in [0.3, 0.4) is 0 Å². The van der Waals surface area contributed by atoms with Crippen LogP contribution in [-0.4, -0.2) is 54.9 Å². The predicted octanol–water partition coefficient (Wildman–Crippen LogP) is 3.01. The Morgan fingerprint density at radius 1 is 1.07 bits per heavy atom. The Balaban J connectivity index is 1.89. The Kier molecular flexibility index (Phi) is 6.77. The summed E-state index contributed by atoms with van der Waals surface area (Å²) in [4.78, 5) is 18.8. The molecule has 162 valence electrons. The first kappa shape index (κ1) is 22.2. The van der Waals surface area contributed by atoms with E-state index in [9.17, 15) is 13.2 Å².